The molecule has 0 radical (unpaired) electrons. The zero-order valence-electron chi connectivity index (χ0n) is 10.8. The zero-order chi connectivity index (χ0) is 14.6. The summed E-state index contributed by atoms with van der Waals surface area (Å²) in [7, 11) is 0. The summed E-state index contributed by atoms with van der Waals surface area (Å²) >= 11 is 3.28. The largest absolute Gasteiger partial charge is 0.330 e. The number of carbonyl (C=O) groups is 1. The Morgan fingerprint density at radius 1 is 1.58 bits per heavy atom. The quantitative estimate of drug-likeness (QED) is 0.640. The van der Waals surface area contributed by atoms with Crippen LogP contribution in [0.1, 0.15) is 18.9 Å². The summed E-state index contributed by atoms with van der Waals surface area (Å²) in [4.78, 5) is 22.3. The molecular weight excluding hydrogens is 314 g/mol. The smallest absolute Gasteiger partial charge is 0.274 e. The number of carbonyl (C=O) groups excluding carboxylic acids is 1. The second-order valence-electron chi connectivity index (χ2n) is 4.34. The van der Waals surface area contributed by atoms with Gasteiger partial charge in [0.15, 0.2) is 0 Å². The average Bonchev–Trinajstić information content (AvgIpc) is 2.32. The van der Waals surface area contributed by atoms with Crippen molar-refractivity contribution < 1.29 is 9.72 Å². The summed E-state index contributed by atoms with van der Waals surface area (Å²) in [6.45, 7) is 3.83. The summed E-state index contributed by atoms with van der Waals surface area (Å²) in [6.07, 6.45) is 0.567. The van der Waals surface area contributed by atoms with Gasteiger partial charge in [0, 0.05) is 22.0 Å². The average molecular weight is 330 g/mol. The number of amides is 1. The molecule has 6 nitrogen and oxygen atoms in total. The number of nitrogens with zero attached hydrogens (tertiary/aromatic N) is 1. The molecule has 0 aliphatic carbocycles. The van der Waals surface area contributed by atoms with Crippen LogP contribution in [0.25, 0.3) is 0 Å². The van der Waals surface area contributed by atoms with Crippen LogP contribution in [-0.4, -0.2) is 17.4 Å². The highest BCUT2D eigenvalue weighted by Gasteiger charge is 2.18. The van der Waals surface area contributed by atoms with Crippen LogP contribution in [0.2, 0.25) is 0 Å². The van der Waals surface area contributed by atoms with Gasteiger partial charge in [0.1, 0.15) is 0 Å². The SMILES string of the molecule is Cc1cc(Br)c(NC(=O)C(C)CCN)cc1[N+](=O)[O-]. The molecule has 1 aromatic rings. The van der Waals surface area contributed by atoms with Crippen molar-refractivity contribution in [3.8, 4) is 0 Å². The van der Waals surface area contributed by atoms with Crippen LogP contribution in [0.15, 0.2) is 16.6 Å². The van der Waals surface area contributed by atoms with Crippen molar-refractivity contribution in [1.29, 1.82) is 0 Å². The molecule has 7 heteroatoms. The molecule has 0 saturated heterocycles. The number of nitrogens with one attached hydrogen (secondary N) is 1. The van der Waals surface area contributed by atoms with Crippen molar-refractivity contribution in [3.63, 3.8) is 0 Å². The molecule has 0 aromatic heterocycles. The molecule has 1 aromatic carbocycles. The first kappa shape index (κ1) is 15.6. The van der Waals surface area contributed by atoms with Crippen LogP contribution in [-0.2, 0) is 4.79 Å². The van der Waals surface area contributed by atoms with Gasteiger partial charge in [-0.15, -0.1) is 0 Å². The molecule has 1 rings (SSSR count). The first-order valence-corrected chi connectivity index (χ1v) is 6.61. The monoisotopic (exact) mass is 329 g/mol. The van der Waals surface area contributed by atoms with Gasteiger partial charge in [-0.25, -0.2) is 0 Å². The second kappa shape index (κ2) is 6.63. The van der Waals surface area contributed by atoms with E-state index in [0.717, 1.165) is 0 Å². The van der Waals surface area contributed by atoms with Crippen molar-refractivity contribution in [2.75, 3.05) is 11.9 Å². The molecule has 1 amide bonds. The highest BCUT2D eigenvalue weighted by molar-refractivity contribution is 9.10. The molecule has 0 fully saturated rings. The van der Waals surface area contributed by atoms with Crippen LogP contribution >= 0.6 is 15.9 Å². The Morgan fingerprint density at radius 3 is 2.74 bits per heavy atom. The molecule has 104 valence electrons. The van der Waals surface area contributed by atoms with Crippen molar-refractivity contribution >= 4 is 33.2 Å². The highest BCUT2D eigenvalue weighted by Crippen LogP contribution is 2.30. The number of aryl methyl sites for hydroxylation is 1. The summed E-state index contributed by atoms with van der Waals surface area (Å²) in [5.74, 6) is -0.443. The first-order chi connectivity index (χ1) is 8.86. The predicted octanol–water partition coefficient (Wildman–Crippen LogP) is 2.59. The molecule has 0 aliphatic rings. The maximum atomic E-state index is 11.9. The number of nitro groups is 1. The van der Waals surface area contributed by atoms with Gasteiger partial charge < -0.3 is 11.1 Å². The van der Waals surface area contributed by atoms with Crippen molar-refractivity contribution in [1.82, 2.24) is 0 Å². The molecule has 1 atom stereocenters. The van der Waals surface area contributed by atoms with Crippen LogP contribution in [0.3, 0.4) is 0 Å². The number of halogens is 1. The molecule has 0 heterocycles. The molecule has 0 bridgehead atoms. The van der Waals surface area contributed by atoms with E-state index in [1.807, 2.05) is 0 Å². The van der Waals surface area contributed by atoms with Gasteiger partial charge in [-0.2, -0.15) is 0 Å². The third-order valence-electron chi connectivity index (χ3n) is 2.79. The Balaban J connectivity index is 2.98. The van der Waals surface area contributed by atoms with E-state index in [9.17, 15) is 14.9 Å². The molecule has 0 saturated carbocycles. The van der Waals surface area contributed by atoms with E-state index in [4.69, 9.17) is 5.73 Å². The second-order valence-corrected chi connectivity index (χ2v) is 5.20. The van der Waals surface area contributed by atoms with Gasteiger partial charge in [0.05, 0.1) is 10.6 Å². The normalized spacial score (nSPS) is 12.0. The van der Waals surface area contributed by atoms with Gasteiger partial charge in [0.25, 0.3) is 5.69 Å². The Hall–Kier alpha value is -1.47. The van der Waals surface area contributed by atoms with Gasteiger partial charge in [-0.05, 0) is 41.9 Å². The molecule has 19 heavy (non-hydrogen) atoms. The van der Waals surface area contributed by atoms with Gasteiger partial charge >= 0.3 is 0 Å². The van der Waals surface area contributed by atoms with Crippen LogP contribution in [0, 0.1) is 23.0 Å². The lowest BCUT2D eigenvalue weighted by molar-refractivity contribution is -0.385. The van der Waals surface area contributed by atoms with Crippen LogP contribution in [0.5, 0.6) is 0 Å². The number of hydrogen-bond donors (Lipinski definition) is 2. The fourth-order valence-corrected chi connectivity index (χ4v) is 2.15. The fourth-order valence-electron chi connectivity index (χ4n) is 1.59. The van der Waals surface area contributed by atoms with E-state index in [-0.39, 0.29) is 17.5 Å². The number of anilines is 1. The third kappa shape index (κ3) is 4.00. The lowest BCUT2D eigenvalue weighted by Gasteiger charge is -2.12. The van der Waals surface area contributed by atoms with Crippen molar-refractivity contribution in [2.24, 2.45) is 11.7 Å². The van der Waals surface area contributed by atoms with E-state index < -0.39 is 4.92 Å². The van der Waals surface area contributed by atoms with Crippen LogP contribution in [0.4, 0.5) is 11.4 Å². The van der Waals surface area contributed by atoms with Gasteiger partial charge in [0.2, 0.25) is 5.91 Å². The maximum Gasteiger partial charge on any atom is 0.274 e. The highest BCUT2D eigenvalue weighted by atomic mass is 79.9. The van der Waals surface area contributed by atoms with E-state index in [1.165, 1.54) is 6.07 Å². The van der Waals surface area contributed by atoms with Crippen molar-refractivity contribution in [2.45, 2.75) is 20.3 Å². The Labute approximate surface area is 119 Å². The Kier molecular flexibility index (Phi) is 5.44. The minimum Gasteiger partial charge on any atom is -0.330 e. The molecule has 0 spiro atoms. The lowest BCUT2D eigenvalue weighted by Crippen LogP contribution is -2.23. The van der Waals surface area contributed by atoms with E-state index in [0.29, 0.717) is 28.7 Å². The lowest BCUT2D eigenvalue weighted by atomic mass is 10.1. The summed E-state index contributed by atoms with van der Waals surface area (Å²) in [5, 5.41) is 13.5. The number of nitro benzene ring substituents is 1. The van der Waals surface area contributed by atoms with Gasteiger partial charge in [-0.1, -0.05) is 6.92 Å². The summed E-state index contributed by atoms with van der Waals surface area (Å²) in [5.41, 5.74) is 6.30. The maximum absolute atomic E-state index is 11.9. The number of hydrogen-bond acceptors (Lipinski definition) is 4. The number of rotatable bonds is 5. The number of benzene rings is 1. The van der Waals surface area contributed by atoms with E-state index in [2.05, 4.69) is 21.2 Å². The molecular formula is C12H16BrN3O3. The molecule has 3 N–H and O–H groups in total. The number of nitrogens with two attached hydrogens (primary N) is 1. The fraction of sp³-hybridized carbons (Fsp3) is 0.417. The zero-order valence-corrected chi connectivity index (χ0v) is 12.4. The summed E-state index contributed by atoms with van der Waals surface area (Å²) < 4.78 is 0.615. The third-order valence-corrected chi connectivity index (χ3v) is 3.44. The van der Waals surface area contributed by atoms with Crippen molar-refractivity contribution in [3.05, 3.63) is 32.3 Å². The Bertz CT molecular complexity index is 505. The minimum absolute atomic E-state index is 0.0232. The summed E-state index contributed by atoms with van der Waals surface area (Å²) in [6, 6.07) is 2.97. The van der Waals surface area contributed by atoms with E-state index >= 15 is 0 Å². The van der Waals surface area contributed by atoms with Crippen LogP contribution < -0.4 is 11.1 Å². The molecule has 1 unspecified atom stereocenters. The topological polar surface area (TPSA) is 98.3 Å². The van der Waals surface area contributed by atoms with Gasteiger partial charge in [-0.3, -0.25) is 14.9 Å². The molecule has 0 aliphatic heterocycles. The standard InChI is InChI=1S/C12H16BrN3O3/c1-7(3-4-14)12(17)15-10-6-11(16(18)19)8(2)5-9(10)13/h5-7H,3-4,14H2,1-2H3,(H,15,17). The predicted molar refractivity (Wildman–Crippen MR) is 77.0 cm³/mol. The first-order valence-electron chi connectivity index (χ1n) is 5.82. The van der Waals surface area contributed by atoms with E-state index in [1.54, 1.807) is 19.9 Å². The Morgan fingerprint density at radius 2 is 2.21 bits per heavy atom. The minimum atomic E-state index is -0.471.